The maximum absolute atomic E-state index is 12.8. The van der Waals surface area contributed by atoms with Crippen molar-refractivity contribution in [2.45, 2.75) is 0 Å². The Bertz CT molecular complexity index is 1690. The highest BCUT2D eigenvalue weighted by molar-refractivity contribution is 6.08. The number of fused-ring (bicyclic) bond motifs is 3. The minimum absolute atomic E-state index is 0.0418. The van der Waals surface area contributed by atoms with Crippen LogP contribution in [0.15, 0.2) is 49.1 Å². The van der Waals surface area contributed by atoms with Gasteiger partial charge in [-0.1, -0.05) is 12.1 Å². The minimum atomic E-state index is -0.420. The Hall–Kier alpha value is -5.66. The fourth-order valence-corrected chi connectivity index (χ4v) is 3.70. The second kappa shape index (κ2) is 7.98. The molecule has 0 fully saturated rings. The number of rotatable bonds is 4. The van der Waals surface area contributed by atoms with Crippen LogP contribution in [0.25, 0.3) is 33.1 Å². The van der Waals surface area contributed by atoms with Crippen molar-refractivity contribution in [3.63, 3.8) is 0 Å². The number of H-pyrrole nitrogens is 2. The van der Waals surface area contributed by atoms with Crippen LogP contribution in [0.5, 0.6) is 0 Å². The number of benzene rings is 2. The highest BCUT2D eigenvalue weighted by atomic mass is 16.2. The van der Waals surface area contributed by atoms with Crippen LogP contribution in [0.4, 0.5) is 23.5 Å². The summed E-state index contributed by atoms with van der Waals surface area (Å²) in [4.78, 5) is 55.8. The summed E-state index contributed by atoms with van der Waals surface area (Å²) < 4.78 is 0. The van der Waals surface area contributed by atoms with Crippen LogP contribution in [0.1, 0.15) is 20.7 Å². The monoisotopic (exact) mass is 480 g/mol. The standard InChI is InChI=1S/C22H16N12O2/c23-15-13-17(27-7-25-13)31-21(29-15)33-19(35)11-3-1-9-5-12(4-2-10(9)6-11)20(36)34-22-30-16(24)14-18(32-22)28-8-26-14/h1-8H,(H4,23,25,27,29,31,33,35)(H4,24,26,28,30,32,34,36). The number of amides is 2. The number of nitrogen functional groups attached to an aromatic ring is 2. The van der Waals surface area contributed by atoms with E-state index in [-0.39, 0.29) is 23.5 Å². The molecule has 4 aromatic heterocycles. The van der Waals surface area contributed by atoms with Crippen molar-refractivity contribution in [2.24, 2.45) is 0 Å². The van der Waals surface area contributed by atoms with Crippen LogP contribution < -0.4 is 22.1 Å². The first kappa shape index (κ1) is 20.9. The molecule has 14 heteroatoms. The van der Waals surface area contributed by atoms with Crippen LogP contribution in [0, 0.1) is 0 Å². The van der Waals surface area contributed by atoms with Gasteiger partial charge in [-0.05, 0) is 35.0 Å². The van der Waals surface area contributed by atoms with Crippen molar-refractivity contribution in [3.8, 4) is 0 Å². The van der Waals surface area contributed by atoms with Crippen molar-refractivity contribution in [2.75, 3.05) is 22.1 Å². The summed E-state index contributed by atoms with van der Waals surface area (Å²) in [6, 6.07) is 10.1. The number of nitrogens with one attached hydrogen (secondary N) is 4. The summed E-state index contributed by atoms with van der Waals surface area (Å²) >= 11 is 0. The topological polar surface area (TPSA) is 219 Å². The molecule has 0 aliphatic rings. The normalized spacial score (nSPS) is 11.2. The molecule has 0 bridgehead atoms. The maximum Gasteiger partial charge on any atom is 0.258 e. The molecule has 2 amide bonds. The molecule has 176 valence electrons. The van der Waals surface area contributed by atoms with Gasteiger partial charge in [-0.15, -0.1) is 0 Å². The first-order chi connectivity index (χ1) is 17.4. The number of nitrogens with zero attached hydrogens (tertiary/aromatic N) is 6. The highest BCUT2D eigenvalue weighted by Gasteiger charge is 2.15. The quantitative estimate of drug-likeness (QED) is 0.215. The first-order valence-corrected chi connectivity index (χ1v) is 10.5. The van der Waals surface area contributed by atoms with Crippen molar-refractivity contribution in [3.05, 3.63) is 60.2 Å². The Labute approximate surface area is 200 Å². The van der Waals surface area contributed by atoms with E-state index in [1.807, 2.05) is 0 Å². The highest BCUT2D eigenvalue weighted by Crippen LogP contribution is 2.21. The average Bonchev–Trinajstić information content (AvgIpc) is 3.53. The summed E-state index contributed by atoms with van der Waals surface area (Å²) in [7, 11) is 0. The second-order valence-electron chi connectivity index (χ2n) is 7.75. The molecular formula is C22H16N12O2. The largest absolute Gasteiger partial charge is 0.382 e. The van der Waals surface area contributed by atoms with Gasteiger partial charge in [-0.3, -0.25) is 20.2 Å². The molecule has 8 N–H and O–H groups in total. The lowest BCUT2D eigenvalue weighted by atomic mass is 10.0. The average molecular weight is 480 g/mol. The van der Waals surface area contributed by atoms with Crippen LogP contribution in [0.3, 0.4) is 0 Å². The molecule has 0 saturated carbocycles. The molecule has 0 aliphatic carbocycles. The number of aromatic amines is 2. The number of imidazole rings is 2. The fourth-order valence-electron chi connectivity index (χ4n) is 3.70. The Morgan fingerprint density at radius 3 is 1.56 bits per heavy atom. The smallest absolute Gasteiger partial charge is 0.258 e. The van der Waals surface area contributed by atoms with Gasteiger partial charge in [0.1, 0.15) is 11.0 Å². The Morgan fingerprint density at radius 1 is 0.667 bits per heavy atom. The van der Waals surface area contributed by atoms with E-state index in [2.05, 4.69) is 50.5 Å². The number of nitrogens with two attached hydrogens (primary N) is 2. The fraction of sp³-hybridized carbons (Fsp3) is 0. The van der Waals surface area contributed by atoms with Crippen LogP contribution >= 0.6 is 0 Å². The molecule has 0 unspecified atom stereocenters. The summed E-state index contributed by atoms with van der Waals surface area (Å²) in [5.74, 6) is -0.405. The van der Waals surface area contributed by atoms with Gasteiger partial charge in [-0.2, -0.15) is 19.9 Å². The van der Waals surface area contributed by atoms with Crippen LogP contribution in [0.2, 0.25) is 0 Å². The maximum atomic E-state index is 12.8. The molecule has 36 heavy (non-hydrogen) atoms. The molecule has 0 radical (unpaired) electrons. The number of aromatic nitrogens is 8. The zero-order chi connectivity index (χ0) is 24.8. The van der Waals surface area contributed by atoms with Crippen molar-refractivity contribution < 1.29 is 9.59 Å². The van der Waals surface area contributed by atoms with Gasteiger partial charge < -0.3 is 21.4 Å². The summed E-state index contributed by atoms with van der Waals surface area (Å²) in [6.07, 6.45) is 2.89. The van der Waals surface area contributed by atoms with E-state index in [1.165, 1.54) is 12.7 Å². The van der Waals surface area contributed by atoms with Crippen LogP contribution in [-0.2, 0) is 0 Å². The van der Waals surface area contributed by atoms with Gasteiger partial charge in [-0.25, -0.2) is 9.97 Å². The molecule has 0 saturated heterocycles. The van der Waals surface area contributed by atoms with Gasteiger partial charge in [0, 0.05) is 11.1 Å². The molecule has 0 spiro atoms. The number of carbonyl (C=O) groups is 2. The summed E-state index contributed by atoms with van der Waals surface area (Å²) in [6.45, 7) is 0. The van der Waals surface area contributed by atoms with E-state index in [1.54, 1.807) is 36.4 Å². The van der Waals surface area contributed by atoms with E-state index in [4.69, 9.17) is 11.5 Å². The van der Waals surface area contributed by atoms with E-state index in [0.29, 0.717) is 33.5 Å². The molecule has 6 aromatic rings. The molecule has 2 aromatic carbocycles. The molecule has 0 aliphatic heterocycles. The van der Waals surface area contributed by atoms with Crippen molar-refractivity contribution in [1.29, 1.82) is 0 Å². The molecule has 4 heterocycles. The summed E-state index contributed by atoms with van der Waals surface area (Å²) in [5, 5.41) is 6.76. The third kappa shape index (κ3) is 3.63. The van der Waals surface area contributed by atoms with Crippen molar-refractivity contribution in [1.82, 2.24) is 39.9 Å². The predicted octanol–water partition coefficient (Wildman–Crippen LogP) is 1.84. The zero-order valence-electron chi connectivity index (χ0n) is 18.3. The van der Waals surface area contributed by atoms with E-state index >= 15 is 0 Å². The predicted molar refractivity (Wildman–Crippen MR) is 132 cm³/mol. The third-order valence-corrected chi connectivity index (χ3v) is 5.44. The number of hydrogen-bond acceptors (Lipinski definition) is 10. The lowest BCUT2D eigenvalue weighted by Gasteiger charge is -2.08. The molecule has 14 nitrogen and oxygen atoms in total. The lowest BCUT2D eigenvalue weighted by molar-refractivity contribution is 0.101. The first-order valence-electron chi connectivity index (χ1n) is 10.5. The van der Waals surface area contributed by atoms with Gasteiger partial charge in [0.25, 0.3) is 11.8 Å². The number of carbonyl (C=O) groups excluding carboxylic acids is 2. The lowest BCUT2D eigenvalue weighted by Crippen LogP contribution is -2.15. The number of hydrogen-bond donors (Lipinski definition) is 6. The molecule has 6 rings (SSSR count). The van der Waals surface area contributed by atoms with Crippen molar-refractivity contribution >= 4 is 68.4 Å². The zero-order valence-corrected chi connectivity index (χ0v) is 18.3. The molecule has 0 atom stereocenters. The van der Waals surface area contributed by atoms with Gasteiger partial charge in [0.05, 0.1) is 12.7 Å². The van der Waals surface area contributed by atoms with Gasteiger partial charge in [0.2, 0.25) is 11.9 Å². The van der Waals surface area contributed by atoms with E-state index < -0.39 is 11.8 Å². The molecular weight excluding hydrogens is 464 g/mol. The Kier molecular flexibility index (Phi) is 4.64. The van der Waals surface area contributed by atoms with E-state index in [0.717, 1.165) is 10.8 Å². The SMILES string of the molecule is Nc1nc(NC(=O)c2ccc3cc(C(=O)Nc4nc(N)c5[nH]cnc5n4)ccc3c2)nc2nc[nH]c12. The van der Waals surface area contributed by atoms with E-state index in [9.17, 15) is 9.59 Å². The van der Waals surface area contributed by atoms with Crippen LogP contribution in [-0.4, -0.2) is 51.7 Å². The van der Waals surface area contributed by atoms with Gasteiger partial charge >= 0.3 is 0 Å². The Morgan fingerprint density at radius 2 is 1.11 bits per heavy atom. The third-order valence-electron chi connectivity index (χ3n) is 5.44. The van der Waals surface area contributed by atoms with Gasteiger partial charge in [0.15, 0.2) is 22.9 Å². The minimum Gasteiger partial charge on any atom is -0.382 e. The number of anilines is 4. The Balaban J connectivity index is 1.22. The summed E-state index contributed by atoms with van der Waals surface area (Å²) in [5.41, 5.74) is 14.2. The second-order valence-corrected chi connectivity index (χ2v) is 7.75.